The number of rotatable bonds is 9. The fraction of sp³-hybridized carbons (Fsp3) is 0.500. The van der Waals surface area contributed by atoms with Gasteiger partial charge in [0.2, 0.25) is 0 Å². The molecule has 1 saturated carbocycles. The summed E-state index contributed by atoms with van der Waals surface area (Å²) < 4.78 is 70.5. The van der Waals surface area contributed by atoms with Crippen LogP contribution in [0.3, 0.4) is 0 Å². The third kappa shape index (κ3) is 6.44. The normalized spacial score (nSPS) is 17.1. The van der Waals surface area contributed by atoms with Gasteiger partial charge in [0.25, 0.3) is 5.91 Å². The predicted molar refractivity (Wildman–Crippen MR) is 129 cm³/mol. The molecule has 0 heterocycles. The molecule has 1 fully saturated rings. The molecule has 5 nitrogen and oxygen atoms in total. The van der Waals surface area contributed by atoms with Gasteiger partial charge in [0.05, 0.1) is 5.25 Å². The van der Waals surface area contributed by atoms with Crippen molar-refractivity contribution in [3.63, 3.8) is 0 Å². The Bertz CT molecular complexity index is 1090. The van der Waals surface area contributed by atoms with Gasteiger partial charge in [-0.05, 0) is 59.4 Å². The molecule has 0 saturated heterocycles. The van der Waals surface area contributed by atoms with E-state index in [1.54, 1.807) is 45.0 Å². The molecule has 2 unspecified atom stereocenters. The molecule has 192 valence electrons. The molecule has 9 heteroatoms. The fourth-order valence-corrected chi connectivity index (χ4v) is 5.46. The molecule has 0 spiro atoms. The van der Waals surface area contributed by atoms with E-state index in [4.69, 9.17) is 4.74 Å². The van der Waals surface area contributed by atoms with Gasteiger partial charge in [-0.25, -0.2) is 8.42 Å². The molecule has 35 heavy (non-hydrogen) atoms. The number of halogens is 3. The Hall–Kier alpha value is -2.39. The van der Waals surface area contributed by atoms with Crippen molar-refractivity contribution in [2.45, 2.75) is 63.6 Å². The number of hydrogen-bond donors (Lipinski definition) is 2. The van der Waals surface area contributed by atoms with Crippen LogP contribution >= 0.6 is 0 Å². The third-order valence-corrected chi connectivity index (χ3v) is 7.44. The lowest BCUT2D eigenvalue weighted by Gasteiger charge is -2.39. The van der Waals surface area contributed by atoms with Crippen LogP contribution in [-0.4, -0.2) is 27.6 Å². The summed E-state index contributed by atoms with van der Waals surface area (Å²) >= 11 is 0. The van der Waals surface area contributed by atoms with E-state index < -0.39 is 39.1 Å². The molecule has 1 N–H and O–H groups in total. The fourth-order valence-electron chi connectivity index (χ4n) is 4.40. The minimum Gasteiger partial charge on any atom is -0.364 e. The Morgan fingerprint density at radius 3 is 2.03 bits per heavy atom. The van der Waals surface area contributed by atoms with Crippen LogP contribution in [0.2, 0.25) is 0 Å². The van der Waals surface area contributed by atoms with Gasteiger partial charge in [0, 0.05) is 19.2 Å². The molecule has 0 aliphatic heterocycles. The van der Waals surface area contributed by atoms with Crippen molar-refractivity contribution < 1.29 is 31.1 Å². The highest BCUT2D eigenvalue weighted by Crippen LogP contribution is 2.48. The van der Waals surface area contributed by atoms with Crippen LogP contribution in [0.1, 0.15) is 72.3 Å². The Morgan fingerprint density at radius 1 is 1.03 bits per heavy atom. The van der Waals surface area contributed by atoms with Gasteiger partial charge in [-0.15, -0.1) is 0 Å². The van der Waals surface area contributed by atoms with Crippen molar-refractivity contribution >= 4 is 16.6 Å². The summed E-state index contributed by atoms with van der Waals surface area (Å²) in [6.45, 7) is 5.35. The number of nitrogens with one attached hydrogen (secondary N) is 1. The summed E-state index contributed by atoms with van der Waals surface area (Å²) in [5, 5.41) is 2.28. The largest absolute Gasteiger partial charge is 0.421 e. The van der Waals surface area contributed by atoms with E-state index in [9.17, 15) is 26.4 Å². The van der Waals surface area contributed by atoms with Crippen molar-refractivity contribution in [3.8, 4) is 0 Å². The molecule has 2 atom stereocenters. The molecule has 0 bridgehead atoms. The SMILES string of the molecule is COC(CC(C)(C)C)(c1ccc(C(=O)NCc2ccc(C(C3CC3)[SH](=O)=O)cc2)cc1)C(F)(F)F. The molecular formula is C26H32F3NO4S. The standard InChI is InChI=1S/C26H32F3NO4S/c1-24(2,3)16-25(34-4,26(27,28)29)21-13-11-20(12-14-21)23(31)30-15-17-5-7-18(8-6-17)22(35(32)33)19-9-10-19/h5-8,11-14,19,22,35H,9-10,15-16H2,1-4H3,(H,30,31). The average Bonchev–Trinajstić information content (AvgIpc) is 3.60. The van der Waals surface area contributed by atoms with Crippen LogP contribution in [0.15, 0.2) is 48.5 Å². The molecule has 1 aliphatic carbocycles. The van der Waals surface area contributed by atoms with Crippen LogP contribution in [0, 0.1) is 11.3 Å². The minimum atomic E-state index is -4.64. The highest BCUT2D eigenvalue weighted by Gasteiger charge is 2.58. The maximum Gasteiger partial charge on any atom is 0.421 e. The molecule has 1 amide bonds. The number of benzene rings is 2. The Morgan fingerprint density at radius 2 is 1.60 bits per heavy atom. The smallest absolute Gasteiger partial charge is 0.364 e. The zero-order valence-corrected chi connectivity index (χ0v) is 21.2. The van der Waals surface area contributed by atoms with Crippen molar-refractivity contribution in [2.75, 3.05) is 7.11 Å². The quantitative estimate of drug-likeness (QED) is 0.435. The van der Waals surface area contributed by atoms with Crippen molar-refractivity contribution in [2.24, 2.45) is 11.3 Å². The number of carbonyl (C=O) groups is 1. The van der Waals surface area contributed by atoms with Crippen LogP contribution < -0.4 is 5.32 Å². The van der Waals surface area contributed by atoms with Crippen molar-refractivity contribution in [1.82, 2.24) is 5.32 Å². The first kappa shape index (κ1) is 27.2. The molecular weight excluding hydrogens is 479 g/mol. The van der Waals surface area contributed by atoms with E-state index in [-0.39, 0.29) is 30.0 Å². The van der Waals surface area contributed by atoms with E-state index in [1.807, 2.05) is 0 Å². The summed E-state index contributed by atoms with van der Waals surface area (Å²) in [6.07, 6.45) is -3.09. The second kappa shape index (κ2) is 10.3. The van der Waals surface area contributed by atoms with Gasteiger partial charge in [-0.3, -0.25) is 4.79 Å². The van der Waals surface area contributed by atoms with Crippen LogP contribution in [-0.2, 0) is 27.6 Å². The predicted octanol–water partition coefficient (Wildman–Crippen LogP) is 5.52. The van der Waals surface area contributed by atoms with Crippen molar-refractivity contribution in [3.05, 3.63) is 70.8 Å². The van der Waals surface area contributed by atoms with E-state index in [2.05, 4.69) is 5.32 Å². The van der Waals surface area contributed by atoms with Gasteiger partial charge in [0.1, 0.15) is 10.7 Å². The van der Waals surface area contributed by atoms with E-state index >= 15 is 0 Å². The summed E-state index contributed by atoms with van der Waals surface area (Å²) in [6, 6.07) is 12.4. The Balaban J connectivity index is 1.70. The highest BCUT2D eigenvalue weighted by molar-refractivity contribution is 7.72. The van der Waals surface area contributed by atoms with Gasteiger partial charge < -0.3 is 10.1 Å². The summed E-state index contributed by atoms with van der Waals surface area (Å²) in [5.74, 6) is -0.243. The van der Waals surface area contributed by atoms with Gasteiger partial charge >= 0.3 is 6.18 Å². The van der Waals surface area contributed by atoms with Gasteiger partial charge in [-0.1, -0.05) is 57.2 Å². The Labute approximate surface area is 206 Å². The number of thiol groups is 1. The minimum absolute atomic E-state index is 0.0588. The summed E-state index contributed by atoms with van der Waals surface area (Å²) in [4.78, 5) is 12.6. The van der Waals surface area contributed by atoms with Crippen LogP contribution in [0.4, 0.5) is 13.2 Å². The third-order valence-electron chi connectivity index (χ3n) is 6.27. The van der Waals surface area contributed by atoms with Crippen LogP contribution in [0.25, 0.3) is 0 Å². The topological polar surface area (TPSA) is 72.5 Å². The number of alkyl halides is 3. The maximum absolute atomic E-state index is 14.1. The second-order valence-corrected chi connectivity index (χ2v) is 11.5. The first-order valence-corrected chi connectivity index (χ1v) is 12.7. The first-order valence-electron chi connectivity index (χ1n) is 11.5. The van der Waals surface area contributed by atoms with E-state index in [1.165, 1.54) is 24.3 Å². The number of hydrogen-bond acceptors (Lipinski definition) is 4. The zero-order chi connectivity index (χ0) is 26.0. The number of carbonyl (C=O) groups excluding carboxylic acids is 1. The number of ether oxygens (including phenoxy) is 1. The number of methoxy groups -OCH3 is 1. The first-order chi connectivity index (χ1) is 16.3. The number of amides is 1. The van der Waals surface area contributed by atoms with E-state index in [0.29, 0.717) is 0 Å². The van der Waals surface area contributed by atoms with Crippen LogP contribution in [0.5, 0.6) is 0 Å². The molecule has 2 aromatic rings. The Kier molecular flexibility index (Phi) is 8.01. The highest BCUT2D eigenvalue weighted by atomic mass is 32.2. The lowest BCUT2D eigenvalue weighted by atomic mass is 9.77. The lowest BCUT2D eigenvalue weighted by molar-refractivity contribution is -0.286. The van der Waals surface area contributed by atoms with Gasteiger partial charge in [0.15, 0.2) is 5.60 Å². The molecule has 0 radical (unpaired) electrons. The maximum atomic E-state index is 14.1. The lowest BCUT2D eigenvalue weighted by Crippen LogP contribution is -2.46. The molecule has 3 rings (SSSR count). The monoisotopic (exact) mass is 511 g/mol. The van der Waals surface area contributed by atoms with E-state index in [0.717, 1.165) is 31.1 Å². The summed E-state index contributed by atoms with van der Waals surface area (Å²) in [7, 11) is -1.50. The molecule has 1 aliphatic rings. The molecule has 0 aromatic heterocycles. The zero-order valence-electron chi connectivity index (χ0n) is 20.3. The summed E-state index contributed by atoms with van der Waals surface area (Å²) in [5.41, 5.74) is -1.43. The van der Waals surface area contributed by atoms with Crippen molar-refractivity contribution in [1.29, 1.82) is 0 Å². The average molecular weight is 512 g/mol. The molecule has 2 aromatic carbocycles. The second-order valence-electron chi connectivity index (χ2n) is 10.3. The van der Waals surface area contributed by atoms with Gasteiger partial charge in [-0.2, -0.15) is 13.2 Å².